The van der Waals surface area contributed by atoms with Crippen LogP contribution in [0.1, 0.15) is 18.4 Å². The summed E-state index contributed by atoms with van der Waals surface area (Å²) in [4.78, 5) is 25.3. The summed E-state index contributed by atoms with van der Waals surface area (Å²) in [6.45, 7) is 3.50. The standard InChI is InChI=1S/C18H23FN6O/c1-12-13(19)7-6-8-14(12)21-18(26)22-15-11-20-17(23-16(15)24(2)3)25-9-4-5-10-25/h6-8,11H,4-5,9-10H2,1-3H3,(H2,21,22,26). The molecule has 1 aromatic heterocycles. The summed E-state index contributed by atoms with van der Waals surface area (Å²) >= 11 is 0. The van der Waals surface area contributed by atoms with E-state index in [4.69, 9.17) is 0 Å². The van der Waals surface area contributed by atoms with Gasteiger partial charge in [0.15, 0.2) is 5.82 Å². The summed E-state index contributed by atoms with van der Waals surface area (Å²) in [5, 5.41) is 5.41. The van der Waals surface area contributed by atoms with Gasteiger partial charge in [-0.25, -0.2) is 14.2 Å². The molecular weight excluding hydrogens is 335 g/mol. The molecule has 2 aromatic rings. The Bertz CT molecular complexity index is 804. The lowest BCUT2D eigenvalue weighted by atomic mass is 10.2. The number of urea groups is 1. The van der Waals surface area contributed by atoms with Crippen LogP contribution in [0.25, 0.3) is 0 Å². The molecule has 0 atom stereocenters. The largest absolute Gasteiger partial charge is 0.361 e. The smallest absolute Gasteiger partial charge is 0.323 e. The average Bonchev–Trinajstić information content (AvgIpc) is 3.13. The average molecular weight is 358 g/mol. The van der Waals surface area contributed by atoms with E-state index in [0.717, 1.165) is 25.9 Å². The van der Waals surface area contributed by atoms with E-state index in [1.807, 2.05) is 19.0 Å². The fourth-order valence-electron chi connectivity index (χ4n) is 2.88. The van der Waals surface area contributed by atoms with Gasteiger partial charge in [0.1, 0.15) is 11.5 Å². The second-order valence-electron chi connectivity index (χ2n) is 6.49. The van der Waals surface area contributed by atoms with Gasteiger partial charge in [-0.1, -0.05) is 6.07 Å². The molecule has 1 aliphatic heterocycles. The topological polar surface area (TPSA) is 73.4 Å². The fourth-order valence-corrected chi connectivity index (χ4v) is 2.88. The Hall–Kier alpha value is -2.90. The molecule has 2 N–H and O–H groups in total. The van der Waals surface area contributed by atoms with Crippen molar-refractivity contribution in [3.63, 3.8) is 0 Å². The van der Waals surface area contributed by atoms with E-state index in [0.29, 0.717) is 28.7 Å². The van der Waals surface area contributed by atoms with Crippen LogP contribution in [0.3, 0.4) is 0 Å². The zero-order valence-electron chi connectivity index (χ0n) is 15.2. The third kappa shape index (κ3) is 3.84. The molecule has 1 fully saturated rings. The highest BCUT2D eigenvalue weighted by atomic mass is 19.1. The van der Waals surface area contributed by atoms with Crippen molar-refractivity contribution in [2.45, 2.75) is 19.8 Å². The molecule has 1 aromatic carbocycles. The van der Waals surface area contributed by atoms with Gasteiger partial charge in [0.05, 0.1) is 6.20 Å². The number of carbonyl (C=O) groups is 1. The van der Waals surface area contributed by atoms with Crippen molar-refractivity contribution in [1.29, 1.82) is 0 Å². The second-order valence-corrected chi connectivity index (χ2v) is 6.49. The molecular formula is C18H23FN6O. The van der Waals surface area contributed by atoms with E-state index in [1.54, 1.807) is 25.3 Å². The number of aromatic nitrogens is 2. The number of benzene rings is 1. The minimum Gasteiger partial charge on any atom is -0.361 e. The lowest BCUT2D eigenvalue weighted by Gasteiger charge is -2.21. The van der Waals surface area contributed by atoms with Crippen molar-refractivity contribution < 1.29 is 9.18 Å². The van der Waals surface area contributed by atoms with Crippen molar-refractivity contribution >= 4 is 29.2 Å². The minimum atomic E-state index is -0.473. The van der Waals surface area contributed by atoms with Crippen LogP contribution in [0.2, 0.25) is 0 Å². The zero-order valence-corrected chi connectivity index (χ0v) is 15.2. The molecule has 7 nitrogen and oxygen atoms in total. The van der Waals surface area contributed by atoms with Crippen LogP contribution in [-0.2, 0) is 0 Å². The predicted molar refractivity (Wildman–Crippen MR) is 102 cm³/mol. The van der Waals surface area contributed by atoms with Gasteiger partial charge < -0.3 is 20.4 Å². The predicted octanol–water partition coefficient (Wildman–Crippen LogP) is 3.23. The van der Waals surface area contributed by atoms with E-state index in [2.05, 4.69) is 25.5 Å². The van der Waals surface area contributed by atoms with E-state index in [9.17, 15) is 9.18 Å². The zero-order chi connectivity index (χ0) is 18.7. The van der Waals surface area contributed by atoms with Crippen LogP contribution >= 0.6 is 0 Å². The highest BCUT2D eigenvalue weighted by molar-refractivity contribution is 6.01. The summed E-state index contributed by atoms with van der Waals surface area (Å²) in [5.74, 6) is 0.918. The maximum atomic E-state index is 13.6. The molecule has 26 heavy (non-hydrogen) atoms. The fraction of sp³-hybridized carbons (Fsp3) is 0.389. The number of nitrogens with one attached hydrogen (secondary N) is 2. The third-order valence-electron chi connectivity index (χ3n) is 4.33. The number of amides is 2. The number of carbonyl (C=O) groups excluding carboxylic acids is 1. The van der Waals surface area contributed by atoms with Gasteiger partial charge in [-0.2, -0.15) is 4.98 Å². The molecule has 0 unspecified atom stereocenters. The third-order valence-corrected chi connectivity index (χ3v) is 4.33. The van der Waals surface area contributed by atoms with Crippen LogP contribution in [0.4, 0.5) is 32.3 Å². The van der Waals surface area contributed by atoms with Gasteiger partial charge in [-0.05, 0) is 31.9 Å². The lowest BCUT2D eigenvalue weighted by Crippen LogP contribution is -2.25. The van der Waals surface area contributed by atoms with Crippen LogP contribution in [-0.4, -0.2) is 43.2 Å². The Morgan fingerprint density at radius 2 is 1.88 bits per heavy atom. The summed E-state index contributed by atoms with van der Waals surface area (Å²) in [6.07, 6.45) is 3.88. The first-order chi connectivity index (χ1) is 12.5. The molecule has 0 saturated carbocycles. The Balaban J connectivity index is 1.77. The van der Waals surface area contributed by atoms with Crippen molar-refractivity contribution in [1.82, 2.24) is 9.97 Å². The van der Waals surface area contributed by atoms with Gasteiger partial charge in [-0.3, -0.25) is 0 Å². The van der Waals surface area contributed by atoms with Gasteiger partial charge in [0.2, 0.25) is 5.95 Å². The first kappa shape index (κ1) is 17.9. The summed E-state index contributed by atoms with van der Waals surface area (Å²) in [6, 6.07) is 4.09. The van der Waals surface area contributed by atoms with Gasteiger partial charge in [0, 0.05) is 38.4 Å². The molecule has 2 amide bonds. The molecule has 0 aliphatic carbocycles. The highest BCUT2D eigenvalue weighted by Crippen LogP contribution is 2.26. The Kier molecular flexibility index (Phi) is 5.20. The summed E-state index contributed by atoms with van der Waals surface area (Å²) in [5.41, 5.74) is 1.30. The first-order valence-corrected chi connectivity index (χ1v) is 8.58. The highest BCUT2D eigenvalue weighted by Gasteiger charge is 2.18. The number of hydrogen-bond donors (Lipinski definition) is 2. The van der Waals surface area contributed by atoms with E-state index < -0.39 is 6.03 Å². The Morgan fingerprint density at radius 1 is 1.19 bits per heavy atom. The molecule has 0 bridgehead atoms. The van der Waals surface area contributed by atoms with E-state index in [1.165, 1.54) is 6.07 Å². The first-order valence-electron chi connectivity index (χ1n) is 8.58. The summed E-state index contributed by atoms with van der Waals surface area (Å²) in [7, 11) is 3.71. The van der Waals surface area contributed by atoms with E-state index in [-0.39, 0.29) is 5.82 Å². The quantitative estimate of drug-likeness (QED) is 0.878. The number of nitrogens with zero attached hydrogens (tertiary/aromatic N) is 4. The maximum Gasteiger partial charge on any atom is 0.323 e. The number of rotatable bonds is 4. The van der Waals surface area contributed by atoms with Crippen LogP contribution < -0.4 is 20.4 Å². The van der Waals surface area contributed by atoms with Gasteiger partial charge in [0.25, 0.3) is 0 Å². The molecule has 0 radical (unpaired) electrons. The molecule has 3 rings (SSSR count). The van der Waals surface area contributed by atoms with Crippen molar-refractivity contribution in [3.8, 4) is 0 Å². The van der Waals surface area contributed by atoms with Crippen LogP contribution in [0, 0.1) is 12.7 Å². The van der Waals surface area contributed by atoms with Crippen LogP contribution in [0.15, 0.2) is 24.4 Å². The number of anilines is 4. The molecule has 1 aliphatic rings. The molecule has 2 heterocycles. The lowest BCUT2D eigenvalue weighted by molar-refractivity contribution is 0.262. The molecule has 8 heteroatoms. The maximum absolute atomic E-state index is 13.6. The van der Waals surface area contributed by atoms with Crippen LogP contribution in [0.5, 0.6) is 0 Å². The normalized spacial score (nSPS) is 13.6. The van der Waals surface area contributed by atoms with Gasteiger partial charge >= 0.3 is 6.03 Å². The minimum absolute atomic E-state index is 0.366. The van der Waals surface area contributed by atoms with E-state index >= 15 is 0 Å². The molecule has 1 saturated heterocycles. The van der Waals surface area contributed by atoms with Crippen molar-refractivity contribution in [2.24, 2.45) is 0 Å². The van der Waals surface area contributed by atoms with Gasteiger partial charge in [-0.15, -0.1) is 0 Å². The SMILES string of the molecule is Cc1c(F)cccc1NC(=O)Nc1cnc(N2CCCC2)nc1N(C)C. The molecule has 138 valence electrons. The van der Waals surface area contributed by atoms with Crippen molar-refractivity contribution in [3.05, 3.63) is 35.8 Å². The van der Waals surface area contributed by atoms with Crippen molar-refractivity contribution in [2.75, 3.05) is 47.6 Å². The Morgan fingerprint density at radius 3 is 2.58 bits per heavy atom. The summed E-state index contributed by atoms with van der Waals surface area (Å²) < 4.78 is 13.6. The second kappa shape index (κ2) is 7.55. The monoisotopic (exact) mass is 358 g/mol. The number of hydrogen-bond acceptors (Lipinski definition) is 5. The number of halogens is 1. The molecule has 0 spiro atoms. The Labute approximate surface area is 152 Å².